The first-order chi connectivity index (χ1) is 18.3. The molecule has 1 aliphatic heterocycles. The average Bonchev–Trinajstić information content (AvgIpc) is 3.40. The maximum absolute atomic E-state index is 13.7. The summed E-state index contributed by atoms with van der Waals surface area (Å²) in [7, 11) is 0. The number of rotatable bonds is 7. The van der Waals surface area contributed by atoms with Gasteiger partial charge in [0.15, 0.2) is 0 Å². The minimum absolute atomic E-state index is 0. The molecule has 39 heavy (non-hydrogen) atoms. The van der Waals surface area contributed by atoms with Gasteiger partial charge in [0.05, 0.1) is 6.54 Å². The molecule has 1 atom stereocenters. The van der Waals surface area contributed by atoms with E-state index < -0.39 is 11.6 Å². The van der Waals surface area contributed by atoms with Gasteiger partial charge in [0.2, 0.25) is 17.6 Å². The van der Waals surface area contributed by atoms with Crippen LogP contribution in [0.15, 0.2) is 72.8 Å². The van der Waals surface area contributed by atoms with E-state index in [2.05, 4.69) is 25.9 Å². The Hall–Kier alpha value is -4.08. The first kappa shape index (κ1) is 27.9. The number of fused-ring (bicyclic) bond motifs is 1. The Kier molecular flexibility index (Phi) is 8.42. The Morgan fingerprint density at radius 1 is 1.05 bits per heavy atom. The van der Waals surface area contributed by atoms with Gasteiger partial charge in [-0.3, -0.25) is 9.59 Å². The van der Waals surface area contributed by atoms with E-state index in [0.717, 1.165) is 33.5 Å². The second-order valence-electron chi connectivity index (χ2n) is 10.4. The van der Waals surface area contributed by atoms with Crippen molar-refractivity contribution in [1.29, 1.82) is 0 Å². The smallest absolute Gasteiger partial charge is 0.249 e. The number of H-pyrrole nitrogens is 1. The molecule has 0 saturated heterocycles. The number of nitrogens with zero attached hydrogens (tertiary/aromatic N) is 4. The van der Waals surface area contributed by atoms with E-state index in [1.54, 1.807) is 18.7 Å². The molecular weight excluding hydrogens is 514 g/mol. The third-order valence-electron chi connectivity index (χ3n) is 6.62. The summed E-state index contributed by atoms with van der Waals surface area (Å²) in [5, 5.41) is 17.4. The SMILES string of the molecule is CC(C)(N)CC(=O)N[C@@H]1CCc2ccccc2N(Cc2ccc(-c3ccccc3-c3nn[nH]n3)cc2)C1=O.Cl. The fourth-order valence-electron chi connectivity index (χ4n) is 4.85. The molecule has 2 heterocycles. The third-order valence-corrected chi connectivity index (χ3v) is 6.62. The van der Waals surface area contributed by atoms with Crippen LogP contribution in [-0.2, 0) is 22.6 Å². The molecule has 202 valence electrons. The number of aryl methyl sites for hydroxylation is 1. The van der Waals surface area contributed by atoms with Crippen molar-refractivity contribution in [3.63, 3.8) is 0 Å². The summed E-state index contributed by atoms with van der Waals surface area (Å²) in [6.07, 6.45) is 1.38. The lowest BCUT2D eigenvalue weighted by molar-refractivity contribution is -0.128. The Labute approximate surface area is 233 Å². The lowest BCUT2D eigenvalue weighted by atomic mass is 9.98. The predicted octanol–water partition coefficient (Wildman–Crippen LogP) is 4.05. The molecule has 0 fully saturated rings. The number of nitrogens with two attached hydrogens (primary N) is 1. The zero-order valence-corrected chi connectivity index (χ0v) is 22.7. The topological polar surface area (TPSA) is 130 Å². The molecule has 1 aliphatic rings. The molecule has 3 aromatic carbocycles. The Balaban J connectivity index is 0.00000353. The van der Waals surface area contributed by atoms with E-state index in [1.807, 2.05) is 72.8 Å². The molecular formula is C29H32ClN7O2. The highest BCUT2D eigenvalue weighted by atomic mass is 35.5. The lowest BCUT2D eigenvalue weighted by Gasteiger charge is -2.27. The number of carbonyl (C=O) groups excluding carboxylic acids is 2. The van der Waals surface area contributed by atoms with Gasteiger partial charge in [-0.1, -0.05) is 66.7 Å². The molecule has 0 aliphatic carbocycles. The summed E-state index contributed by atoms with van der Waals surface area (Å²) >= 11 is 0. The second-order valence-corrected chi connectivity index (χ2v) is 10.4. The van der Waals surface area contributed by atoms with E-state index in [9.17, 15) is 9.59 Å². The average molecular weight is 546 g/mol. The number of hydrogen-bond acceptors (Lipinski definition) is 6. The van der Waals surface area contributed by atoms with Crippen LogP contribution in [0.25, 0.3) is 22.5 Å². The molecule has 1 aromatic heterocycles. The molecule has 2 amide bonds. The van der Waals surface area contributed by atoms with Crippen molar-refractivity contribution in [3.8, 4) is 22.5 Å². The van der Waals surface area contributed by atoms with Gasteiger partial charge in [0.1, 0.15) is 6.04 Å². The van der Waals surface area contributed by atoms with Crippen LogP contribution in [0.3, 0.4) is 0 Å². The number of aromatic amines is 1. The Morgan fingerprint density at radius 3 is 2.44 bits per heavy atom. The van der Waals surface area contributed by atoms with Crippen LogP contribution in [0.5, 0.6) is 0 Å². The van der Waals surface area contributed by atoms with Gasteiger partial charge >= 0.3 is 0 Å². The minimum Gasteiger partial charge on any atom is -0.344 e. The quantitative estimate of drug-likeness (QED) is 0.321. The normalized spacial score (nSPS) is 15.2. The number of carbonyl (C=O) groups is 2. The number of halogens is 1. The van der Waals surface area contributed by atoms with Crippen molar-refractivity contribution in [2.24, 2.45) is 5.73 Å². The molecule has 0 saturated carbocycles. The molecule has 10 heteroatoms. The van der Waals surface area contributed by atoms with Crippen LogP contribution in [0.2, 0.25) is 0 Å². The number of anilines is 1. The Bertz CT molecular complexity index is 1430. The number of tetrazole rings is 1. The highest BCUT2D eigenvalue weighted by Crippen LogP contribution is 2.32. The molecule has 0 bridgehead atoms. The standard InChI is InChI=1S/C29H31N7O2.ClH/c1-29(2,30)17-26(37)31-24-16-15-21-7-3-6-10-25(21)36(28(24)38)18-19-11-13-20(14-12-19)22-8-4-5-9-23(22)27-32-34-35-33-27;/h3-14,24H,15-18,30H2,1-2H3,(H,31,37)(H,32,33,34,35);1H/t24-;/m1./s1. The van der Waals surface area contributed by atoms with E-state index in [1.165, 1.54) is 0 Å². The Morgan fingerprint density at radius 2 is 1.74 bits per heavy atom. The highest BCUT2D eigenvalue weighted by Gasteiger charge is 2.32. The van der Waals surface area contributed by atoms with Gasteiger partial charge in [-0.25, -0.2) is 0 Å². The van der Waals surface area contributed by atoms with Crippen molar-refractivity contribution < 1.29 is 9.59 Å². The first-order valence-electron chi connectivity index (χ1n) is 12.7. The van der Waals surface area contributed by atoms with Crippen LogP contribution in [-0.4, -0.2) is 44.0 Å². The number of benzene rings is 3. The lowest BCUT2D eigenvalue weighted by Crippen LogP contribution is -2.49. The number of nitrogens with one attached hydrogen (secondary N) is 2. The van der Waals surface area contributed by atoms with Crippen LogP contribution < -0.4 is 16.0 Å². The van der Waals surface area contributed by atoms with Gasteiger partial charge in [-0.05, 0) is 60.2 Å². The summed E-state index contributed by atoms with van der Waals surface area (Å²) in [5.41, 5.74) is 11.2. The van der Waals surface area contributed by atoms with Crippen molar-refractivity contribution in [3.05, 3.63) is 83.9 Å². The van der Waals surface area contributed by atoms with Crippen molar-refractivity contribution in [1.82, 2.24) is 25.9 Å². The van der Waals surface area contributed by atoms with Crippen molar-refractivity contribution in [2.45, 2.75) is 51.2 Å². The highest BCUT2D eigenvalue weighted by molar-refractivity contribution is 6.00. The summed E-state index contributed by atoms with van der Waals surface area (Å²) in [4.78, 5) is 28.1. The molecule has 0 spiro atoms. The molecule has 0 radical (unpaired) electrons. The second kappa shape index (κ2) is 11.8. The van der Waals surface area contributed by atoms with Crippen LogP contribution in [0.1, 0.15) is 37.8 Å². The third kappa shape index (κ3) is 6.50. The van der Waals surface area contributed by atoms with E-state index >= 15 is 0 Å². The zero-order chi connectivity index (χ0) is 26.7. The fourth-order valence-corrected chi connectivity index (χ4v) is 4.85. The monoisotopic (exact) mass is 545 g/mol. The maximum Gasteiger partial charge on any atom is 0.249 e. The summed E-state index contributed by atoms with van der Waals surface area (Å²) < 4.78 is 0. The van der Waals surface area contributed by atoms with E-state index in [0.29, 0.717) is 25.2 Å². The minimum atomic E-state index is -0.648. The van der Waals surface area contributed by atoms with E-state index in [4.69, 9.17) is 5.73 Å². The number of para-hydroxylation sites is 1. The molecule has 4 N–H and O–H groups in total. The molecule has 0 unspecified atom stereocenters. The largest absolute Gasteiger partial charge is 0.344 e. The first-order valence-corrected chi connectivity index (χ1v) is 12.7. The molecule has 9 nitrogen and oxygen atoms in total. The van der Waals surface area contributed by atoms with Gasteiger partial charge in [-0.15, -0.1) is 22.6 Å². The summed E-state index contributed by atoms with van der Waals surface area (Å²) in [6, 6.07) is 23.3. The van der Waals surface area contributed by atoms with Crippen LogP contribution in [0.4, 0.5) is 5.69 Å². The number of amides is 2. The molecule has 4 aromatic rings. The number of hydrogen-bond donors (Lipinski definition) is 3. The van der Waals surface area contributed by atoms with Crippen LogP contribution >= 0.6 is 12.4 Å². The van der Waals surface area contributed by atoms with Gasteiger partial charge in [-0.2, -0.15) is 5.21 Å². The fraction of sp³-hybridized carbons (Fsp3) is 0.276. The number of aromatic nitrogens is 4. The predicted molar refractivity (Wildman–Crippen MR) is 153 cm³/mol. The maximum atomic E-state index is 13.7. The van der Waals surface area contributed by atoms with Gasteiger partial charge in [0.25, 0.3) is 0 Å². The summed E-state index contributed by atoms with van der Waals surface area (Å²) in [6.45, 7) is 3.99. The van der Waals surface area contributed by atoms with Gasteiger partial charge < -0.3 is 16.0 Å². The van der Waals surface area contributed by atoms with Crippen molar-refractivity contribution >= 4 is 29.9 Å². The van der Waals surface area contributed by atoms with Crippen molar-refractivity contribution in [2.75, 3.05) is 4.90 Å². The summed E-state index contributed by atoms with van der Waals surface area (Å²) in [5.74, 6) is 0.193. The molecule has 5 rings (SSSR count). The zero-order valence-electron chi connectivity index (χ0n) is 21.9. The van der Waals surface area contributed by atoms with Gasteiger partial charge in [0, 0.05) is 23.2 Å². The van der Waals surface area contributed by atoms with Crippen LogP contribution in [0, 0.1) is 0 Å². The van der Waals surface area contributed by atoms with E-state index in [-0.39, 0.29) is 30.6 Å².